The Morgan fingerprint density at radius 1 is 0.706 bits per heavy atom. The highest BCUT2D eigenvalue weighted by Gasteiger charge is 2.31. The Kier molecular flexibility index (Phi) is 6.84. The molecule has 6 heteroatoms. The third-order valence-corrected chi connectivity index (χ3v) is 7.88. The van der Waals surface area contributed by atoms with Gasteiger partial charge in [0.2, 0.25) is 5.43 Å². The summed E-state index contributed by atoms with van der Waals surface area (Å²) in [6, 6.07) is 10.5. The van der Waals surface area contributed by atoms with Crippen molar-refractivity contribution in [3.8, 4) is 0 Å². The fourth-order valence-electron chi connectivity index (χ4n) is 5.91. The number of benzene rings is 1. The number of aromatic nitrogens is 1. The quantitative estimate of drug-likeness (QED) is 0.668. The van der Waals surface area contributed by atoms with Crippen LogP contribution in [0.15, 0.2) is 47.5 Å². The normalized spacial score (nSPS) is 21.6. The second kappa shape index (κ2) is 10.2. The summed E-state index contributed by atoms with van der Waals surface area (Å²) in [5.74, 6) is -0.178. The Balaban J connectivity index is 1.47. The maximum atomic E-state index is 13.7. The maximum absolute atomic E-state index is 13.7. The number of rotatable bonds is 4. The molecule has 0 bridgehead atoms. The maximum Gasteiger partial charge on any atom is 0.259 e. The average molecular weight is 462 g/mol. The number of hydrogen-bond donors (Lipinski definition) is 0. The predicted octanol–water partition coefficient (Wildman–Crippen LogP) is 4.61. The molecule has 3 fully saturated rings. The molecule has 0 N–H and O–H groups in total. The van der Waals surface area contributed by atoms with Gasteiger partial charge in [0.25, 0.3) is 11.8 Å². The van der Waals surface area contributed by atoms with Gasteiger partial charge in [0, 0.05) is 50.5 Å². The van der Waals surface area contributed by atoms with Crippen LogP contribution in [-0.4, -0.2) is 52.4 Å². The number of hydrogen-bond acceptors (Lipinski definition) is 3. The molecule has 2 amide bonds. The monoisotopic (exact) mass is 461 g/mol. The zero-order valence-corrected chi connectivity index (χ0v) is 20.0. The first-order valence-corrected chi connectivity index (χ1v) is 13.0. The molecule has 6 nitrogen and oxygen atoms in total. The van der Waals surface area contributed by atoms with Crippen molar-refractivity contribution in [2.24, 2.45) is 0 Å². The van der Waals surface area contributed by atoms with Crippen LogP contribution in [0.1, 0.15) is 96.0 Å². The molecule has 0 radical (unpaired) electrons. The summed E-state index contributed by atoms with van der Waals surface area (Å²) in [6.45, 7) is 2.63. The Hall–Kier alpha value is -2.89. The molecule has 2 aliphatic heterocycles. The number of nitrogens with zero attached hydrogens (tertiary/aromatic N) is 3. The van der Waals surface area contributed by atoms with E-state index in [4.69, 9.17) is 0 Å². The summed E-state index contributed by atoms with van der Waals surface area (Å²) in [7, 11) is 0. The van der Waals surface area contributed by atoms with Gasteiger partial charge >= 0.3 is 0 Å². The van der Waals surface area contributed by atoms with Crippen LogP contribution in [0, 0.1) is 0 Å². The van der Waals surface area contributed by atoms with Gasteiger partial charge in [-0.2, -0.15) is 0 Å². The van der Waals surface area contributed by atoms with Gasteiger partial charge in [0.1, 0.15) is 11.1 Å². The van der Waals surface area contributed by atoms with E-state index in [2.05, 4.69) is 12.1 Å². The molecule has 3 aliphatic rings. The van der Waals surface area contributed by atoms with Crippen LogP contribution in [0.25, 0.3) is 0 Å². The van der Waals surface area contributed by atoms with Crippen molar-refractivity contribution in [1.29, 1.82) is 0 Å². The van der Waals surface area contributed by atoms with Crippen molar-refractivity contribution in [3.05, 3.63) is 69.6 Å². The SMILES string of the molecule is O=C(c1cn(C2CCCCC2)cc(C(=O)N2CCCC(c3ccccc3)C2)c1=O)N1CCCC1. The fraction of sp³-hybridized carbons (Fsp3) is 0.536. The van der Waals surface area contributed by atoms with Gasteiger partial charge in [0.15, 0.2) is 0 Å². The molecule has 2 saturated heterocycles. The van der Waals surface area contributed by atoms with Gasteiger partial charge in [-0.3, -0.25) is 14.4 Å². The molecule has 1 aromatic carbocycles. The summed E-state index contributed by atoms with van der Waals surface area (Å²) in [6.07, 6.45) is 12.9. The van der Waals surface area contributed by atoms with Gasteiger partial charge in [-0.25, -0.2) is 0 Å². The fourth-order valence-corrected chi connectivity index (χ4v) is 5.91. The van der Waals surface area contributed by atoms with Gasteiger partial charge in [-0.15, -0.1) is 0 Å². The molecular weight excluding hydrogens is 426 g/mol. The molecule has 2 aromatic rings. The molecule has 1 aromatic heterocycles. The second-order valence-electron chi connectivity index (χ2n) is 10.2. The lowest BCUT2D eigenvalue weighted by atomic mass is 9.90. The smallest absolute Gasteiger partial charge is 0.259 e. The van der Waals surface area contributed by atoms with Crippen molar-refractivity contribution >= 4 is 11.8 Å². The Bertz CT molecular complexity index is 1080. The first-order chi connectivity index (χ1) is 16.6. The zero-order chi connectivity index (χ0) is 23.5. The molecule has 1 saturated carbocycles. The van der Waals surface area contributed by atoms with E-state index in [-0.39, 0.29) is 34.9 Å². The topological polar surface area (TPSA) is 62.6 Å². The number of piperidine rings is 1. The number of likely N-dealkylation sites (tertiary alicyclic amines) is 2. The van der Waals surface area contributed by atoms with Crippen LogP contribution in [0.5, 0.6) is 0 Å². The van der Waals surface area contributed by atoms with Crippen molar-refractivity contribution in [2.75, 3.05) is 26.2 Å². The molecule has 3 heterocycles. The first-order valence-electron chi connectivity index (χ1n) is 13.0. The minimum Gasteiger partial charge on any atom is -0.349 e. The molecular formula is C28H35N3O3. The van der Waals surface area contributed by atoms with E-state index >= 15 is 0 Å². The number of carbonyl (C=O) groups is 2. The molecule has 1 aliphatic carbocycles. The highest BCUT2D eigenvalue weighted by molar-refractivity contribution is 5.99. The summed E-state index contributed by atoms with van der Waals surface area (Å²) < 4.78 is 2.01. The van der Waals surface area contributed by atoms with Crippen LogP contribution in [0.2, 0.25) is 0 Å². The second-order valence-corrected chi connectivity index (χ2v) is 10.2. The van der Waals surface area contributed by atoms with Crippen molar-refractivity contribution < 1.29 is 9.59 Å². The summed E-state index contributed by atoms with van der Waals surface area (Å²) in [5.41, 5.74) is 1.15. The molecule has 5 rings (SSSR count). The third-order valence-electron chi connectivity index (χ3n) is 7.88. The van der Waals surface area contributed by atoms with Crippen LogP contribution in [0.4, 0.5) is 0 Å². The van der Waals surface area contributed by atoms with E-state index in [1.165, 1.54) is 12.0 Å². The van der Waals surface area contributed by atoms with Crippen molar-refractivity contribution in [2.45, 2.75) is 69.7 Å². The minimum atomic E-state index is -0.407. The molecule has 34 heavy (non-hydrogen) atoms. The number of carbonyl (C=O) groups excluding carboxylic acids is 2. The Labute approximate surface area is 201 Å². The lowest BCUT2D eigenvalue weighted by Crippen LogP contribution is -2.42. The van der Waals surface area contributed by atoms with Crippen molar-refractivity contribution in [1.82, 2.24) is 14.4 Å². The van der Waals surface area contributed by atoms with Crippen LogP contribution in [-0.2, 0) is 0 Å². The third kappa shape index (κ3) is 4.68. The highest BCUT2D eigenvalue weighted by atomic mass is 16.2. The highest BCUT2D eigenvalue weighted by Crippen LogP contribution is 2.30. The van der Waals surface area contributed by atoms with E-state index < -0.39 is 5.43 Å². The van der Waals surface area contributed by atoms with Gasteiger partial charge in [-0.05, 0) is 44.1 Å². The number of pyridine rings is 1. The first kappa shape index (κ1) is 22.9. The van der Waals surface area contributed by atoms with E-state index in [1.807, 2.05) is 27.7 Å². The van der Waals surface area contributed by atoms with E-state index in [0.717, 1.165) is 51.4 Å². The average Bonchev–Trinajstić information content (AvgIpc) is 3.44. The minimum absolute atomic E-state index is 0.157. The van der Waals surface area contributed by atoms with E-state index in [9.17, 15) is 14.4 Å². The summed E-state index contributed by atoms with van der Waals surface area (Å²) in [5, 5.41) is 0. The lowest BCUT2D eigenvalue weighted by Gasteiger charge is -2.33. The molecule has 0 spiro atoms. The standard InChI is InChI=1S/C28H35N3O3/c32-26-24(27(33)29-15-7-8-16-29)19-31(23-13-5-2-6-14-23)20-25(26)28(34)30-17-9-12-22(18-30)21-10-3-1-4-11-21/h1,3-4,10-11,19-20,22-23H,2,5-9,12-18H2. The lowest BCUT2D eigenvalue weighted by molar-refractivity contribution is 0.0704. The van der Waals surface area contributed by atoms with Crippen molar-refractivity contribution in [3.63, 3.8) is 0 Å². The Morgan fingerprint density at radius 3 is 2.00 bits per heavy atom. The predicted molar refractivity (Wildman–Crippen MR) is 132 cm³/mol. The molecule has 180 valence electrons. The van der Waals surface area contributed by atoms with Gasteiger partial charge in [-0.1, -0.05) is 49.6 Å². The van der Waals surface area contributed by atoms with Gasteiger partial charge in [0.05, 0.1) is 0 Å². The number of amides is 2. The molecule has 1 atom stereocenters. The zero-order valence-electron chi connectivity index (χ0n) is 20.0. The summed E-state index contributed by atoms with van der Waals surface area (Å²) >= 11 is 0. The Morgan fingerprint density at radius 2 is 1.32 bits per heavy atom. The van der Waals surface area contributed by atoms with Crippen LogP contribution < -0.4 is 5.43 Å². The molecule has 1 unspecified atom stereocenters. The largest absolute Gasteiger partial charge is 0.349 e. The van der Waals surface area contributed by atoms with E-state index in [0.29, 0.717) is 26.2 Å². The van der Waals surface area contributed by atoms with E-state index in [1.54, 1.807) is 17.3 Å². The van der Waals surface area contributed by atoms with Crippen LogP contribution in [0.3, 0.4) is 0 Å². The summed E-state index contributed by atoms with van der Waals surface area (Å²) in [4.78, 5) is 44.1. The van der Waals surface area contributed by atoms with Crippen LogP contribution >= 0.6 is 0 Å². The van der Waals surface area contributed by atoms with Gasteiger partial charge < -0.3 is 14.4 Å².